The third-order valence-corrected chi connectivity index (χ3v) is 2.75. The Labute approximate surface area is 116 Å². The van der Waals surface area contributed by atoms with Gasteiger partial charge in [-0.1, -0.05) is 18.5 Å². The van der Waals surface area contributed by atoms with Crippen LogP contribution in [0.25, 0.3) is 0 Å². The topological polar surface area (TPSA) is 59.8 Å². The van der Waals surface area contributed by atoms with Gasteiger partial charge in [-0.15, -0.1) is 0 Å². The van der Waals surface area contributed by atoms with Crippen molar-refractivity contribution >= 4 is 17.3 Å². The van der Waals surface area contributed by atoms with Gasteiger partial charge >= 0.3 is 5.69 Å². The second-order valence-electron chi connectivity index (χ2n) is 4.15. The molecule has 5 nitrogen and oxygen atoms in total. The Bertz CT molecular complexity index is 612. The maximum Gasteiger partial charge on any atom is 0.347 e. The zero-order valence-electron chi connectivity index (χ0n) is 10.6. The highest BCUT2D eigenvalue weighted by molar-refractivity contribution is 6.30. The molecule has 0 aliphatic carbocycles. The van der Waals surface area contributed by atoms with Gasteiger partial charge in [0.2, 0.25) is 0 Å². The Kier molecular flexibility index (Phi) is 4.52. The minimum Gasteiger partial charge on any atom is -0.385 e. The molecule has 0 aliphatic rings. The normalized spacial score (nSPS) is 10.4. The average molecular weight is 279 g/mol. The molecule has 2 rings (SSSR count). The maximum absolute atomic E-state index is 11.6. The maximum atomic E-state index is 11.6. The van der Waals surface area contributed by atoms with Crippen molar-refractivity contribution in [2.24, 2.45) is 0 Å². The number of pyridine rings is 1. The molecule has 0 atom stereocenters. The van der Waals surface area contributed by atoms with Crippen LogP contribution in [0.4, 0.5) is 5.69 Å². The summed E-state index contributed by atoms with van der Waals surface area (Å²) >= 11 is 5.83. The molecule has 1 N–H and O–H groups in total. The first-order valence-corrected chi connectivity index (χ1v) is 6.47. The van der Waals surface area contributed by atoms with E-state index in [0.717, 1.165) is 24.3 Å². The van der Waals surface area contributed by atoms with Crippen molar-refractivity contribution in [3.8, 4) is 0 Å². The van der Waals surface area contributed by atoms with Crippen molar-refractivity contribution in [3.05, 3.63) is 51.9 Å². The fourth-order valence-electron chi connectivity index (χ4n) is 1.66. The molecule has 0 saturated carbocycles. The zero-order chi connectivity index (χ0) is 13.7. The van der Waals surface area contributed by atoms with Crippen LogP contribution >= 0.6 is 11.6 Å². The number of halogens is 1. The van der Waals surface area contributed by atoms with Crippen LogP contribution in [0.15, 0.2) is 35.5 Å². The van der Waals surface area contributed by atoms with Crippen molar-refractivity contribution in [2.75, 3.05) is 11.9 Å². The molecule has 0 bridgehead atoms. The second-order valence-corrected chi connectivity index (χ2v) is 4.58. The Balaban J connectivity index is 2.18. The van der Waals surface area contributed by atoms with Gasteiger partial charge in [-0.05, 0) is 18.6 Å². The summed E-state index contributed by atoms with van der Waals surface area (Å²) in [4.78, 5) is 19.5. The summed E-state index contributed by atoms with van der Waals surface area (Å²) in [5.41, 5.74) is 1.44. The SMILES string of the molecule is CCCNc1ccnc(Cn2cc(Cl)cnc2=O)c1. The molecule has 2 aromatic rings. The number of aromatic nitrogens is 3. The number of hydrogen-bond donors (Lipinski definition) is 1. The van der Waals surface area contributed by atoms with E-state index in [2.05, 4.69) is 22.2 Å². The minimum atomic E-state index is -0.335. The quantitative estimate of drug-likeness (QED) is 0.910. The lowest BCUT2D eigenvalue weighted by Crippen LogP contribution is -2.22. The molecule has 2 heterocycles. The van der Waals surface area contributed by atoms with Gasteiger partial charge in [0.05, 0.1) is 23.5 Å². The molecule has 0 radical (unpaired) electrons. The Morgan fingerprint density at radius 1 is 1.42 bits per heavy atom. The van der Waals surface area contributed by atoms with Crippen LogP contribution in [0.3, 0.4) is 0 Å². The first kappa shape index (κ1) is 13.5. The van der Waals surface area contributed by atoms with Crippen LogP contribution in [0.2, 0.25) is 5.02 Å². The molecule has 0 fully saturated rings. The van der Waals surface area contributed by atoms with E-state index < -0.39 is 0 Å². The van der Waals surface area contributed by atoms with Crippen LogP contribution in [-0.4, -0.2) is 21.1 Å². The predicted octanol–water partition coefficient (Wildman–Crippen LogP) is 2.16. The summed E-state index contributed by atoms with van der Waals surface area (Å²) in [7, 11) is 0. The van der Waals surface area contributed by atoms with Gasteiger partial charge in [-0.2, -0.15) is 0 Å². The standard InChI is InChI=1S/C13H15ClN4O/c1-2-4-15-11-3-5-16-12(6-11)9-18-8-10(14)7-17-13(18)19/h3,5-8H,2,4,9H2,1H3,(H,15,16). The molecule has 0 spiro atoms. The van der Waals surface area contributed by atoms with Gasteiger partial charge in [0.15, 0.2) is 0 Å². The van der Waals surface area contributed by atoms with Crippen molar-refractivity contribution < 1.29 is 0 Å². The van der Waals surface area contributed by atoms with Gasteiger partial charge in [0.25, 0.3) is 0 Å². The first-order valence-electron chi connectivity index (χ1n) is 6.10. The fourth-order valence-corrected chi connectivity index (χ4v) is 1.83. The van der Waals surface area contributed by atoms with Crippen LogP contribution in [-0.2, 0) is 6.54 Å². The average Bonchev–Trinajstić information content (AvgIpc) is 2.41. The summed E-state index contributed by atoms with van der Waals surface area (Å²) in [5.74, 6) is 0. The lowest BCUT2D eigenvalue weighted by molar-refractivity contribution is 0.711. The Morgan fingerprint density at radius 3 is 3.05 bits per heavy atom. The predicted molar refractivity (Wildman–Crippen MR) is 75.6 cm³/mol. The third-order valence-electron chi connectivity index (χ3n) is 2.55. The summed E-state index contributed by atoms with van der Waals surface area (Å²) in [6, 6.07) is 3.82. The molecule has 0 amide bonds. The van der Waals surface area contributed by atoms with E-state index >= 15 is 0 Å². The Hall–Kier alpha value is -1.88. The molecule has 0 aliphatic heterocycles. The van der Waals surface area contributed by atoms with E-state index in [1.165, 1.54) is 10.8 Å². The number of hydrogen-bond acceptors (Lipinski definition) is 4. The molecule has 6 heteroatoms. The summed E-state index contributed by atoms with van der Waals surface area (Å²) in [6.45, 7) is 3.36. The number of nitrogens with zero attached hydrogens (tertiary/aromatic N) is 3. The number of nitrogens with one attached hydrogen (secondary N) is 1. The molecule has 2 aromatic heterocycles. The molecule has 0 saturated heterocycles. The van der Waals surface area contributed by atoms with Crippen molar-refractivity contribution in [2.45, 2.75) is 19.9 Å². The van der Waals surface area contributed by atoms with Gasteiger partial charge in [0.1, 0.15) is 0 Å². The molecular formula is C13H15ClN4O. The number of anilines is 1. The summed E-state index contributed by atoms with van der Waals surface area (Å²) in [5, 5.41) is 3.71. The van der Waals surface area contributed by atoms with Gasteiger partial charge in [0, 0.05) is 24.6 Å². The van der Waals surface area contributed by atoms with Crippen LogP contribution < -0.4 is 11.0 Å². The lowest BCUT2D eigenvalue weighted by Gasteiger charge is -2.08. The van der Waals surface area contributed by atoms with E-state index in [1.54, 1.807) is 12.4 Å². The first-order chi connectivity index (χ1) is 9.19. The summed E-state index contributed by atoms with van der Waals surface area (Å²) < 4.78 is 1.44. The van der Waals surface area contributed by atoms with Crippen LogP contribution in [0.1, 0.15) is 19.0 Å². The second kappa shape index (κ2) is 6.33. The van der Waals surface area contributed by atoms with E-state index in [4.69, 9.17) is 11.6 Å². The highest BCUT2D eigenvalue weighted by atomic mass is 35.5. The van der Waals surface area contributed by atoms with E-state index in [1.807, 2.05) is 12.1 Å². The zero-order valence-corrected chi connectivity index (χ0v) is 11.4. The number of rotatable bonds is 5. The lowest BCUT2D eigenvalue weighted by atomic mass is 10.3. The van der Waals surface area contributed by atoms with Gasteiger partial charge in [-0.3, -0.25) is 9.55 Å². The molecule has 0 unspecified atom stereocenters. The monoisotopic (exact) mass is 278 g/mol. The minimum absolute atomic E-state index is 0.335. The van der Waals surface area contributed by atoms with E-state index in [-0.39, 0.29) is 5.69 Å². The van der Waals surface area contributed by atoms with Crippen molar-refractivity contribution in [3.63, 3.8) is 0 Å². The van der Waals surface area contributed by atoms with E-state index in [0.29, 0.717) is 11.6 Å². The van der Waals surface area contributed by atoms with Crippen LogP contribution in [0.5, 0.6) is 0 Å². The van der Waals surface area contributed by atoms with E-state index in [9.17, 15) is 4.79 Å². The van der Waals surface area contributed by atoms with Crippen molar-refractivity contribution in [1.29, 1.82) is 0 Å². The third kappa shape index (κ3) is 3.79. The Morgan fingerprint density at radius 2 is 2.26 bits per heavy atom. The highest BCUT2D eigenvalue weighted by Gasteiger charge is 2.02. The molecule has 0 aromatic carbocycles. The smallest absolute Gasteiger partial charge is 0.347 e. The largest absolute Gasteiger partial charge is 0.385 e. The fraction of sp³-hybridized carbons (Fsp3) is 0.308. The highest BCUT2D eigenvalue weighted by Crippen LogP contribution is 2.09. The van der Waals surface area contributed by atoms with Crippen LogP contribution in [0, 0.1) is 0 Å². The van der Waals surface area contributed by atoms with Crippen molar-refractivity contribution in [1.82, 2.24) is 14.5 Å². The van der Waals surface area contributed by atoms with Gasteiger partial charge in [-0.25, -0.2) is 9.78 Å². The molecule has 19 heavy (non-hydrogen) atoms. The summed E-state index contributed by atoms with van der Waals surface area (Å²) in [6.07, 6.45) is 5.67. The molecule has 100 valence electrons. The van der Waals surface area contributed by atoms with Gasteiger partial charge < -0.3 is 5.32 Å². The molecular weight excluding hydrogens is 264 g/mol.